The van der Waals surface area contributed by atoms with Gasteiger partial charge in [-0.2, -0.15) is 0 Å². The highest BCUT2D eigenvalue weighted by Crippen LogP contribution is 2.53. The van der Waals surface area contributed by atoms with E-state index in [9.17, 15) is 9.59 Å². The van der Waals surface area contributed by atoms with Crippen molar-refractivity contribution >= 4 is 55.5 Å². The summed E-state index contributed by atoms with van der Waals surface area (Å²) in [7, 11) is 7.94. The zero-order valence-electron chi connectivity index (χ0n) is 43.6. The van der Waals surface area contributed by atoms with E-state index < -0.39 is 33.7 Å². The van der Waals surface area contributed by atoms with Gasteiger partial charge in [-0.05, 0) is 123 Å². The van der Waals surface area contributed by atoms with Gasteiger partial charge in [-0.25, -0.2) is 4.79 Å². The molecule has 0 fully saturated rings. The van der Waals surface area contributed by atoms with Crippen molar-refractivity contribution in [1.82, 2.24) is 0 Å². The van der Waals surface area contributed by atoms with E-state index in [1.807, 2.05) is 36.4 Å². The first-order valence-corrected chi connectivity index (χ1v) is 29.2. The van der Waals surface area contributed by atoms with Crippen LogP contribution >= 0.6 is 15.9 Å². The largest absolute Gasteiger partial charge is 0.541 e. The van der Waals surface area contributed by atoms with Gasteiger partial charge in [0.25, 0.3) is 16.6 Å². The number of ether oxygens (including phenoxy) is 10. The van der Waals surface area contributed by atoms with Crippen molar-refractivity contribution in [2.75, 3.05) is 56.9 Å². The summed E-state index contributed by atoms with van der Waals surface area (Å²) < 4.78 is 69.4. The topological polar surface area (TPSA) is 171 Å². The van der Waals surface area contributed by atoms with E-state index in [0.717, 1.165) is 11.1 Å². The molecule has 6 rings (SSSR count). The van der Waals surface area contributed by atoms with Crippen LogP contribution in [0, 0.1) is 0 Å². The molecule has 2 aliphatic rings. The first-order valence-electron chi connectivity index (χ1n) is 22.4. The maximum absolute atomic E-state index is 12.9. The first-order chi connectivity index (χ1) is 32.8. The Morgan fingerprint density at radius 3 is 1.33 bits per heavy atom. The summed E-state index contributed by atoms with van der Waals surface area (Å²) in [5.74, 6) is 4.33. The molecule has 0 aromatic heterocycles. The number of nitrogens with two attached hydrogens (primary N) is 1. The summed E-state index contributed by atoms with van der Waals surface area (Å²) in [5.41, 5.74) is 10.2. The lowest BCUT2D eigenvalue weighted by Gasteiger charge is -2.37. The number of ketones is 1. The molecular weight excluding hydrogens is 999 g/mol. The van der Waals surface area contributed by atoms with E-state index >= 15 is 0 Å². The third kappa shape index (κ3) is 11.2. The van der Waals surface area contributed by atoms with Crippen molar-refractivity contribution in [2.45, 2.75) is 88.9 Å². The van der Waals surface area contributed by atoms with Crippen molar-refractivity contribution in [1.29, 1.82) is 0 Å². The number of methoxy groups -OCH3 is 8. The highest BCUT2D eigenvalue weighted by Gasteiger charge is 2.41. The number of carbonyl (C=O) groups is 2. The van der Waals surface area contributed by atoms with E-state index in [4.69, 9.17) is 62.0 Å². The minimum Gasteiger partial charge on any atom is -0.541 e. The van der Waals surface area contributed by atoms with E-state index in [2.05, 4.69) is 83.7 Å². The van der Waals surface area contributed by atoms with E-state index in [0.29, 0.717) is 79.8 Å². The third-order valence-corrected chi connectivity index (χ3v) is 22.3. The smallest absolute Gasteiger partial charge is 0.332 e. The van der Waals surface area contributed by atoms with E-state index in [1.54, 1.807) is 45.6 Å². The van der Waals surface area contributed by atoms with Crippen molar-refractivity contribution in [3.05, 3.63) is 82.9 Å². The second kappa shape index (κ2) is 21.7. The molecule has 15 nitrogen and oxygen atoms in total. The molecule has 0 saturated heterocycles. The number of halogens is 1. The number of hydrogen-bond acceptors (Lipinski definition) is 15. The Morgan fingerprint density at radius 2 is 0.929 bits per heavy atom. The standard InChI is InChI=1S/C26H33BrO7Si.C26H35NO7Si/c1-26(2,3)35(8,9)34-20-12-15(10-11-19(20)29-4)16-13-18(28)25(27)33-22-17(16)14-21(30-5)23(31-6)24(22)32-7;1-26(2,3)35(8,9)34-20-12-15(10-11-19(20)29-4)16-13-18(27)25(28)33-22-17(16)14-21(30-5)23(31-6)24(22)32-7/h10-14,25H,1-9H3;10-14,18H,27H2,1-9H3. The lowest BCUT2D eigenvalue weighted by molar-refractivity contribution is -0.134. The maximum Gasteiger partial charge on any atom is 0.332 e. The Hall–Kier alpha value is -5.83. The molecule has 0 aliphatic carbocycles. The van der Waals surface area contributed by atoms with Crippen LogP contribution < -0.4 is 62.0 Å². The van der Waals surface area contributed by atoms with Gasteiger partial charge in [-0.3, -0.25) is 4.79 Å². The van der Waals surface area contributed by atoms with Gasteiger partial charge >= 0.3 is 5.97 Å². The van der Waals surface area contributed by atoms with Crippen LogP contribution in [0.5, 0.6) is 69.0 Å². The van der Waals surface area contributed by atoms with Crippen LogP contribution in [0.1, 0.15) is 63.8 Å². The third-order valence-electron chi connectivity index (χ3n) is 13.0. The lowest BCUT2D eigenvalue weighted by atomic mass is 9.94. The fourth-order valence-corrected chi connectivity index (χ4v) is 9.38. The van der Waals surface area contributed by atoms with Crippen molar-refractivity contribution in [2.24, 2.45) is 5.73 Å². The van der Waals surface area contributed by atoms with Crippen LogP contribution in [0.15, 0.2) is 60.7 Å². The molecule has 2 atom stereocenters. The minimum atomic E-state index is -2.17. The molecular formula is C52H68BrNO14Si2. The zero-order chi connectivity index (χ0) is 52.3. The molecule has 0 spiro atoms. The molecule has 0 radical (unpaired) electrons. The molecule has 0 saturated carbocycles. The van der Waals surface area contributed by atoms with Crippen LogP contribution in [-0.2, 0) is 9.59 Å². The van der Waals surface area contributed by atoms with Gasteiger partial charge in [0, 0.05) is 11.1 Å². The van der Waals surface area contributed by atoms with Crippen LogP contribution in [-0.4, -0.2) is 96.3 Å². The molecule has 380 valence electrons. The normalized spacial score (nSPS) is 15.9. The van der Waals surface area contributed by atoms with Crippen LogP contribution in [0.4, 0.5) is 0 Å². The predicted octanol–water partition coefficient (Wildman–Crippen LogP) is 11.0. The molecule has 2 N–H and O–H groups in total. The van der Waals surface area contributed by atoms with E-state index in [1.165, 1.54) is 35.5 Å². The zero-order valence-corrected chi connectivity index (χ0v) is 47.2. The molecule has 2 unspecified atom stereocenters. The van der Waals surface area contributed by atoms with Gasteiger partial charge < -0.3 is 62.0 Å². The first kappa shape index (κ1) is 55.1. The highest BCUT2D eigenvalue weighted by atomic mass is 79.9. The molecule has 4 aromatic carbocycles. The number of esters is 1. The second-order valence-corrected chi connectivity index (χ2v) is 29.7. The molecule has 18 heteroatoms. The number of alkyl halides is 1. The highest BCUT2D eigenvalue weighted by molar-refractivity contribution is 9.09. The fourth-order valence-electron chi connectivity index (χ4n) is 7.03. The van der Waals surface area contributed by atoms with Crippen molar-refractivity contribution in [3.8, 4) is 69.0 Å². The summed E-state index contributed by atoms with van der Waals surface area (Å²) in [5, 5.41) is -0.916. The number of carbonyl (C=O) groups excluding carboxylic acids is 2. The molecule has 0 amide bonds. The molecule has 2 aliphatic heterocycles. The van der Waals surface area contributed by atoms with Crippen LogP contribution in [0.25, 0.3) is 11.1 Å². The maximum atomic E-state index is 12.9. The van der Waals surface area contributed by atoms with Gasteiger partial charge in [-0.1, -0.05) is 53.7 Å². The van der Waals surface area contributed by atoms with Crippen molar-refractivity contribution in [3.63, 3.8) is 0 Å². The molecule has 0 bridgehead atoms. The van der Waals surface area contributed by atoms with E-state index in [-0.39, 0.29) is 27.4 Å². The number of benzene rings is 4. The molecule has 2 heterocycles. The fraction of sp³-hybridized carbons (Fsp3) is 0.423. The summed E-state index contributed by atoms with van der Waals surface area (Å²) in [6.07, 6.45) is 3.21. The molecule has 70 heavy (non-hydrogen) atoms. The van der Waals surface area contributed by atoms with Crippen LogP contribution in [0.2, 0.25) is 36.3 Å². The number of fused-ring (bicyclic) bond motifs is 2. The minimum absolute atomic E-state index is 0.00746. The predicted molar refractivity (Wildman–Crippen MR) is 280 cm³/mol. The average Bonchev–Trinajstić information content (AvgIpc) is 3.51. The summed E-state index contributed by atoms with van der Waals surface area (Å²) >= 11 is 3.33. The molecule has 4 aromatic rings. The Labute approximate surface area is 422 Å². The quantitative estimate of drug-likeness (QED) is 0.0547. The van der Waals surface area contributed by atoms with Gasteiger partial charge in [-0.15, -0.1) is 0 Å². The Bertz CT molecular complexity index is 2670. The Morgan fingerprint density at radius 1 is 0.529 bits per heavy atom. The van der Waals surface area contributed by atoms with Gasteiger partial charge in [0.2, 0.25) is 33.8 Å². The lowest BCUT2D eigenvalue weighted by Crippen LogP contribution is -2.43. The van der Waals surface area contributed by atoms with Gasteiger partial charge in [0.1, 0.15) is 17.5 Å². The summed E-state index contributed by atoms with van der Waals surface area (Å²) in [6.45, 7) is 21.7. The Kier molecular flexibility index (Phi) is 17.1. The number of hydrogen-bond donors (Lipinski definition) is 1. The Balaban J connectivity index is 0.000000261. The average molecular weight is 1070 g/mol. The number of rotatable bonds is 14. The van der Waals surface area contributed by atoms with Crippen molar-refractivity contribution < 1.29 is 65.8 Å². The second-order valence-electron chi connectivity index (χ2n) is 19.4. The SMILES string of the molecule is COc1ccc(C2=CC(=O)C(Br)Oc3c2cc(OC)c(OC)c3OC)cc1O[Si](C)(C)C(C)(C)C.COc1ccc(C2=CC(N)C(=O)Oc3c2cc(OC)c(OC)c3OC)cc1O[Si](C)(C)C(C)(C)C. The van der Waals surface area contributed by atoms with Gasteiger partial charge in [0.05, 0.1) is 56.9 Å². The summed E-state index contributed by atoms with van der Waals surface area (Å²) in [4.78, 5) is 25.6. The van der Waals surface area contributed by atoms with Crippen LogP contribution in [0.3, 0.4) is 0 Å². The summed E-state index contributed by atoms with van der Waals surface area (Å²) in [6, 6.07) is 13.8. The monoisotopic (exact) mass is 1070 g/mol. The van der Waals surface area contributed by atoms with Gasteiger partial charge in [0.15, 0.2) is 34.5 Å².